The minimum atomic E-state index is -0.910. The number of carbonyl (C=O) groups is 1. The van der Waals surface area contributed by atoms with Gasteiger partial charge in [0.15, 0.2) is 0 Å². The summed E-state index contributed by atoms with van der Waals surface area (Å²) in [5.41, 5.74) is 0.182. The molecule has 1 heterocycles. The van der Waals surface area contributed by atoms with E-state index in [1.54, 1.807) is 19.9 Å². The zero-order valence-electron chi connectivity index (χ0n) is 13.4. The van der Waals surface area contributed by atoms with Crippen LogP contribution in [-0.4, -0.2) is 33.0 Å². The number of esters is 1. The number of benzene rings is 2. The molecule has 0 aliphatic carbocycles. The van der Waals surface area contributed by atoms with E-state index < -0.39 is 11.5 Å². The second-order valence-corrected chi connectivity index (χ2v) is 5.54. The Morgan fingerprint density at radius 2 is 2.00 bits per heavy atom. The Kier molecular flexibility index (Phi) is 3.80. The van der Waals surface area contributed by atoms with E-state index in [4.69, 9.17) is 22.1 Å². The first-order valence-corrected chi connectivity index (χ1v) is 7.45. The van der Waals surface area contributed by atoms with E-state index >= 15 is 0 Å². The minimum Gasteiger partial charge on any atom is -0.495 e. The third-order valence-corrected chi connectivity index (χ3v) is 3.74. The average molecular weight is 308 g/mol. The van der Waals surface area contributed by atoms with Gasteiger partial charge in [0.2, 0.25) is 0 Å². The molecule has 1 aliphatic rings. The van der Waals surface area contributed by atoms with Crippen molar-refractivity contribution in [3.05, 3.63) is 41.5 Å². The van der Waals surface area contributed by atoms with Crippen LogP contribution < -0.4 is 9.47 Å². The number of methoxy groups -OCH3 is 1. The molecule has 116 valence electrons. The highest BCUT2D eigenvalue weighted by Crippen LogP contribution is 2.45. The number of hydrogen-bond acceptors (Lipinski definition) is 4. The van der Waals surface area contributed by atoms with Crippen LogP contribution in [0.5, 0.6) is 11.5 Å². The van der Waals surface area contributed by atoms with Gasteiger partial charge in [-0.1, -0.05) is 30.3 Å². The molecule has 1 aliphatic heterocycles. The van der Waals surface area contributed by atoms with Gasteiger partial charge in [-0.2, -0.15) is 0 Å². The van der Waals surface area contributed by atoms with E-state index in [-0.39, 0.29) is 0 Å². The molecule has 0 fully saturated rings. The lowest BCUT2D eigenvalue weighted by molar-refractivity contribution is 0.0525. The molecule has 4 nitrogen and oxygen atoms in total. The summed E-state index contributed by atoms with van der Waals surface area (Å²) < 4.78 is 16.6. The maximum Gasteiger partial charge on any atom is 0.342 e. The molecular weight excluding hydrogens is 291 g/mol. The molecule has 2 aromatic rings. The Hall–Kier alpha value is -2.43. The number of carbonyl (C=O) groups excluding carboxylic acids is 1. The first kappa shape index (κ1) is 15.5. The first-order chi connectivity index (χ1) is 11.0. The van der Waals surface area contributed by atoms with Crippen LogP contribution in [-0.2, 0) is 4.74 Å². The molecule has 5 heteroatoms. The fourth-order valence-electron chi connectivity index (χ4n) is 2.79. The van der Waals surface area contributed by atoms with Gasteiger partial charge in [-0.3, -0.25) is 0 Å². The molecule has 1 unspecified atom stereocenters. The van der Waals surface area contributed by atoms with Crippen molar-refractivity contribution in [2.75, 3.05) is 13.7 Å². The Balaban J connectivity index is 2.39. The SMILES string of the molecule is [B]C1(C)C=Cc2c(OC)c(C(=O)OCC)c3ccccc3c2O1. The second kappa shape index (κ2) is 5.65. The van der Waals surface area contributed by atoms with Crippen LogP contribution in [0, 0.1) is 0 Å². The molecule has 0 amide bonds. The van der Waals surface area contributed by atoms with Crippen molar-refractivity contribution in [1.82, 2.24) is 0 Å². The first-order valence-electron chi connectivity index (χ1n) is 7.45. The highest BCUT2D eigenvalue weighted by Gasteiger charge is 2.30. The summed E-state index contributed by atoms with van der Waals surface area (Å²) in [4.78, 5) is 12.5. The zero-order chi connectivity index (χ0) is 16.6. The van der Waals surface area contributed by atoms with Crippen LogP contribution >= 0.6 is 0 Å². The normalized spacial score (nSPS) is 19.1. The van der Waals surface area contributed by atoms with E-state index in [1.165, 1.54) is 7.11 Å². The Bertz CT molecular complexity index is 808. The van der Waals surface area contributed by atoms with Crippen molar-refractivity contribution in [3.63, 3.8) is 0 Å². The summed E-state index contributed by atoms with van der Waals surface area (Å²) in [7, 11) is 7.60. The zero-order valence-corrected chi connectivity index (χ0v) is 13.4. The molecule has 2 aromatic carbocycles. The Labute approximate surface area is 136 Å². The van der Waals surface area contributed by atoms with Crippen molar-refractivity contribution in [1.29, 1.82) is 0 Å². The van der Waals surface area contributed by atoms with Gasteiger partial charge in [-0.25, -0.2) is 4.79 Å². The monoisotopic (exact) mass is 308 g/mol. The number of fused-ring (bicyclic) bond motifs is 3. The molecule has 3 rings (SSSR count). The average Bonchev–Trinajstić information content (AvgIpc) is 2.53. The van der Waals surface area contributed by atoms with E-state index in [1.807, 2.05) is 30.3 Å². The number of rotatable bonds is 3. The van der Waals surface area contributed by atoms with Gasteiger partial charge >= 0.3 is 5.97 Å². The standard InChI is InChI=1S/C18H17BO4/c1-4-22-17(20)14-11-7-5-6-8-12(11)15-13(16(14)21-3)9-10-18(2,19)23-15/h5-10H,4H2,1-3H3. The largest absolute Gasteiger partial charge is 0.495 e. The summed E-state index contributed by atoms with van der Waals surface area (Å²) in [5.74, 6) is 0.625. The van der Waals surface area contributed by atoms with Gasteiger partial charge in [-0.05, 0) is 19.9 Å². The third-order valence-electron chi connectivity index (χ3n) is 3.74. The summed E-state index contributed by atoms with van der Waals surface area (Å²) in [5, 5.41) is 1.51. The molecule has 0 spiro atoms. The lowest BCUT2D eigenvalue weighted by Gasteiger charge is -2.31. The molecule has 0 N–H and O–H groups in total. The van der Waals surface area contributed by atoms with Crippen molar-refractivity contribution < 1.29 is 19.0 Å². The van der Waals surface area contributed by atoms with Crippen LogP contribution in [0.3, 0.4) is 0 Å². The van der Waals surface area contributed by atoms with Gasteiger partial charge in [-0.15, -0.1) is 0 Å². The van der Waals surface area contributed by atoms with Crippen LogP contribution in [0.4, 0.5) is 0 Å². The van der Waals surface area contributed by atoms with E-state index in [0.717, 1.165) is 5.39 Å². The molecule has 23 heavy (non-hydrogen) atoms. The fraction of sp³-hybridized carbons (Fsp3) is 0.278. The van der Waals surface area contributed by atoms with E-state index in [2.05, 4.69) is 0 Å². The molecule has 0 saturated carbocycles. The van der Waals surface area contributed by atoms with Crippen molar-refractivity contribution in [3.8, 4) is 11.5 Å². The third kappa shape index (κ3) is 2.56. The highest BCUT2D eigenvalue weighted by atomic mass is 16.5. The van der Waals surface area contributed by atoms with E-state index in [9.17, 15) is 4.79 Å². The van der Waals surface area contributed by atoms with Crippen molar-refractivity contribution >= 4 is 30.7 Å². The molecule has 0 aromatic heterocycles. The molecule has 1 atom stereocenters. The van der Waals surface area contributed by atoms with Gasteiger partial charge in [0.1, 0.15) is 24.9 Å². The number of ether oxygens (including phenoxy) is 3. The van der Waals surface area contributed by atoms with Crippen LogP contribution in [0.2, 0.25) is 0 Å². The topological polar surface area (TPSA) is 44.8 Å². The van der Waals surface area contributed by atoms with E-state index in [0.29, 0.717) is 34.6 Å². The smallest absolute Gasteiger partial charge is 0.342 e. The lowest BCUT2D eigenvalue weighted by Crippen LogP contribution is -2.32. The van der Waals surface area contributed by atoms with Crippen LogP contribution in [0.1, 0.15) is 29.8 Å². The molecule has 0 bridgehead atoms. The Morgan fingerprint density at radius 3 is 2.65 bits per heavy atom. The summed E-state index contributed by atoms with van der Waals surface area (Å²) in [6, 6.07) is 7.49. The predicted octanol–water partition coefficient (Wildman–Crippen LogP) is 3.32. The quantitative estimate of drug-likeness (QED) is 0.644. The van der Waals surface area contributed by atoms with Gasteiger partial charge < -0.3 is 14.2 Å². The van der Waals surface area contributed by atoms with Gasteiger partial charge in [0.05, 0.1) is 24.8 Å². The number of hydrogen-bond donors (Lipinski definition) is 0. The van der Waals surface area contributed by atoms with Crippen LogP contribution in [0.25, 0.3) is 16.8 Å². The lowest BCUT2D eigenvalue weighted by atomic mass is 9.80. The van der Waals surface area contributed by atoms with Gasteiger partial charge in [0.25, 0.3) is 0 Å². The second-order valence-electron chi connectivity index (χ2n) is 5.54. The van der Waals surface area contributed by atoms with Crippen molar-refractivity contribution in [2.45, 2.75) is 19.3 Å². The Morgan fingerprint density at radius 1 is 1.30 bits per heavy atom. The molecule has 0 saturated heterocycles. The fourth-order valence-corrected chi connectivity index (χ4v) is 2.79. The van der Waals surface area contributed by atoms with Gasteiger partial charge in [0, 0.05) is 10.8 Å². The summed E-state index contributed by atoms with van der Waals surface area (Å²) in [6.07, 6.45) is 3.56. The maximum atomic E-state index is 12.5. The predicted molar refractivity (Wildman–Crippen MR) is 90.3 cm³/mol. The summed E-state index contributed by atoms with van der Waals surface area (Å²) >= 11 is 0. The minimum absolute atomic E-state index is 0.292. The molecular formula is C18H17BO4. The summed E-state index contributed by atoms with van der Waals surface area (Å²) in [6.45, 7) is 3.83. The van der Waals surface area contributed by atoms with Crippen molar-refractivity contribution in [2.24, 2.45) is 0 Å². The maximum absolute atomic E-state index is 12.5. The highest BCUT2D eigenvalue weighted by molar-refractivity contribution is 6.18. The van der Waals surface area contributed by atoms with Crippen LogP contribution in [0.15, 0.2) is 30.3 Å². The molecule has 2 radical (unpaired) electrons.